The number of aliphatic carboxylic acids is 1. The molecular weight excluding hydrogens is 466 g/mol. The molecular formula is C25H41N5O6. The number of benzene rings is 1. The van der Waals surface area contributed by atoms with Crippen molar-refractivity contribution in [1.82, 2.24) is 16.0 Å². The van der Waals surface area contributed by atoms with E-state index in [2.05, 4.69) is 16.0 Å². The molecule has 0 aromatic heterocycles. The van der Waals surface area contributed by atoms with Crippen LogP contribution in [0.4, 0.5) is 0 Å². The second-order valence-corrected chi connectivity index (χ2v) is 9.40. The number of unbranched alkanes of at least 4 members (excludes halogenated alkanes) is 1. The van der Waals surface area contributed by atoms with E-state index in [1.165, 1.54) is 6.92 Å². The molecule has 1 aromatic rings. The van der Waals surface area contributed by atoms with E-state index in [1.54, 1.807) is 30.3 Å². The molecule has 0 saturated carbocycles. The lowest BCUT2D eigenvalue weighted by Gasteiger charge is -2.27. The van der Waals surface area contributed by atoms with Gasteiger partial charge in [0.1, 0.15) is 18.1 Å². The first kappa shape index (κ1) is 31.0. The van der Waals surface area contributed by atoms with Crippen molar-refractivity contribution < 1.29 is 29.4 Å². The lowest BCUT2D eigenvalue weighted by Crippen LogP contribution is -2.60. The minimum Gasteiger partial charge on any atom is -0.480 e. The van der Waals surface area contributed by atoms with Crippen LogP contribution in [-0.2, 0) is 25.6 Å². The molecule has 11 heteroatoms. The number of aliphatic hydroxyl groups is 1. The first-order valence-corrected chi connectivity index (χ1v) is 12.3. The standard InChI is InChI=1S/C25H41N5O6/c1-15(2)13-19(28-22(32)18(27)11-7-8-12-26)23(33)30-21(16(3)31)24(34)29-20(25(35)36)14-17-9-5-4-6-10-17/h4-6,9-10,15-16,18-21,31H,7-8,11-14,26-27H2,1-3H3,(H,28,32)(H,29,34)(H,30,33)(H,35,36). The predicted octanol–water partition coefficient (Wildman–Crippen LogP) is -0.349. The highest BCUT2D eigenvalue weighted by Gasteiger charge is 2.33. The molecule has 0 aliphatic heterocycles. The Hall–Kier alpha value is -3.02. The summed E-state index contributed by atoms with van der Waals surface area (Å²) in [6, 6.07) is 4.25. The lowest BCUT2D eigenvalue weighted by atomic mass is 10.0. The van der Waals surface area contributed by atoms with Gasteiger partial charge in [-0.3, -0.25) is 14.4 Å². The average molecular weight is 508 g/mol. The third-order valence-electron chi connectivity index (χ3n) is 5.61. The van der Waals surface area contributed by atoms with E-state index in [0.29, 0.717) is 24.9 Å². The number of nitrogens with one attached hydrogen (secondary N) is 3. The third-order valence-corrected chi connectivity index (χ3v) is 5.61. The van der Waals surface area contributed by atoms with Crippen LogP contribution in [0.2, 0.25) is 0 Å². The molecule has 1 rings (SSSR count). The number of carbonyl (C=O) groups is 4. The van der Waals surface area contributed by atoms with Crippen LogP contribution in [-0.4, -0.2) is 70.7 Å². The van der Waals surface area contributed by atoms with Crippen molar-refractivity contribution in [2.45, 2.75) is 83.1 Å². The molecule has 9 N–H and O–H groups in total. The van der Waals surface area contributed by atoms with Gasteiger partial charge in [-0.05, 0) is 44.2 Å². The van der Waals surface area contributed by atoms with Crippen LogP contribution in [0.3, 0.4) is 0 Å². The fourth-order valence-corrected chi connectivity index (χ4v) is 3.59. The van der Waals surface area contributed by atoms with Crippen molar-refractivity contribution in [1.29, 1.82) is 0 Å². The topological polar surface area (TPSA) is 197 Å². The van der Waals surface area contributed by atoms with E-state index in [-0.39, 0.29) is 18.8 Å². The summed E-state index contributed by atoms with van der Waals surface area (Å²) >= 11 is 0. The number of amides is 3. The number of nitrogens with two attached hydrogens (primary N) is 2. The number of hydrogen-bond acceptors (Lipinski definition) is 7. The summed E-state index contributed by atoms with van der Waals surface area (Å²) in [5.41, 5.74) is 12.1. The van der Waals surface area contributed by atoms with Gasteiger partial charge in [0.25, 0.3) is 0 Å². The zero-order valence-corrected chi connectivity index (χ0v) is 21.3. The van der Waals surface area contributed by atoms with Crippen LogP contribution < -0.4 is 27.4 Å². The van der Waals surface area contributed by atoms with Gasteiger partial charge >= 0.3 is 5.97 Å². The van der Waals surface area contributed by atoms with Crippen LogP contribution in [0.1, 0.15) is 52.0 Å². The summed E-state index contributed by atoms with van der Waals surface area (Å²) in [5, 5.41) is 27.2. The SMILES string of the molecule is CC(C)CC(NC(=O)C(N)CCCCN)C(=O)NC(C(=O)NC(Cc1ccccc1)C(=O)O)C(C)O. The molecule has 5 atom stereocenters. The monoisotopic (exact) mass is 507 g/mol. The van der Waals surface area contributed by atoms with Crippen molar-refractivity contribution in [2.75, 3.05) is 6.54 Å². The van der Waals surface area contributed by atoms with Crippen LogP contribution in [0.25, 0.3) is 0 Å². The van der Waals surface area contributed by atoms with E-state index in [4.69, 9.17) is 11.5 Å². The second kappa shape index (κ2) is 15.9. The van der Waals surface area contributed by atoms with Gasteiger partial charge in [-0.1, -0.05) is 50.6 Å². The fourth-order valence-electron chi connectivity index (χ4n) is 3.59. The van der Waals surface area contributed by atoms with Crippen LogP contribution in [0, 0.1) is 5.92 Å². The minimum absolute atomic E-state index is 0.0237. The molecule has 11 nitrogen and oxygen atoms in total. The van der Waals surface area contributed by atoms with Gasteiger partial charge in [-0.15, -0.1) is 0 Å². The van der Waals surface area contributed by atoms with Crippen molar-refractivity contribution in [3.8, 4) is 0 Å². The normalized spacial score (nSPS) is 15.3. The number of carbonyl (C=O) groups excluding carboxylic acids is 3. The highest BCUT2D eigenvalue weighted by atomic mass is 16.4. The summed E-state index contributed by atoms with van der Waals surface area (Å²) in [6.07, 6.45) is 0.779. The summed E-state index contributed by atoms with van der Waals surface area (Å²) in [5.74, 6) is -3.26. The van der Waals surface area contributed by atoms with Crippen LogP contribution >= 0.6 is 0 Å². The van der Waals surface area contributed by atoms with Crippen molar-refractivity contribution in [3.05, 3.63) is 35.9 Å². The molecule has 0 aliphatic rings. The molecule has 0 saturated heterocycles. The van der Waals surface area contributed by atoms with E-state index < -0.39 is 54.0 Å². The van der Waals surface area contributed by atoms with Crippen molar-refractivity contribution in [3.63, 3.8) is 0 Å². The largest absolute Gasteiger partial charge is 0.480 e. The zero-order valence-electron chi connectivity index (χ0n) is 21.3. The van der Waals surface area contributed by atoms with Gasteiger partial charge in [0.2, 0.25) is 17.7 Å². The zero-order chi connectivity index (χ0) is 27.3. The minimum atomic E-state index is -1.43. The Morgan fingerprint density at radius 1 is 0.889 bits per heavy atom. The number of carboxylic acids is 1. The Labute approximate surface area is 212 Å². The third kappa shape index (κ3) is 11.1. The molecule has 36 heavy (non-hydrogen) atoms. The quantitative estimate of drug-likeness (QED) is 0.147. The van der Waals surface area contributed by atoms with Gasteiger partial charge in [-0.25, -0.2) is 4.79 Å². The lowest BCUT2D eigenvalue weighted by molar-refractivity contribution is -0.143. The maximum absolute atomic E-state index is 13.0. The first-order valence-electron chi connectivity index (χ1n) is 12.3. The summed E-state index contributed by atoms with van der Waals surface area (Å²) in [6.45, 7) is 5.53. The van der Waals surface area contributed by atoms with E-state index in [0.717, 1.165) is 6.42 Å². The first-order chi connectivity index (χ1) is 17.0. The maximum atomic E-state index is 13.0. The van der Waals surface area contributed by atoms with E-state index >= 15 is 0 Å². The average Bonchev–Trinajstić information content (AvgIpc) is 2.81. The Bertz CT molecular complexity index is 849. The predicted molar refractivity (Wildman–Crippen MR) is 136 cm³/mol. The molecule has 0 aliphatic carbocycles. The van der Waals surface area contributed by atoms with Crippen LogP contribution in [0.15, 0.2) is 30.3 Å². The van der Waals surface area contributed by atoms with Gasteiger partial charge in [0, 0.05) is 6.42 Å². The number of aliphatic hydroxyl groups excluding tert-OH is 1. The molecule has 5 unspecified atom stereocenters. The fraction of sp³-hybridized carbons (Fsp3) is 0.600. The molecule has 1 aromatic carbocycles. The smallest absolute Gasteiger partial charge is 0.326 e. The number of rotatable bonds is 16. The Balaban J connectivity index is 2.91. The summed E-state index contributed by atoms with van der Waals surface area (Å²) in [4.78, 5) is 50.2. The molecule has 0 radical (unpaired) electrons. The Kier molecular flexibility index (Phi) is 13.7. The highest BCUT2D eigenvalue weighted by molar-refractivity contribution is 5.94. The number of hydrogen-bond donors (Lipinski definition) is 7. The van der Waals surface area contributed by atoms with Gasteiger partial charge in [-0.2, -0.15) is 0 Å². The van der Waals surface area contributed by atoms with Gasteiger partial charge in [0.15, 0.2) is 0 Å². The summed E-state index contributed by atoms with van der Waals surface area (Å²) < 4.78 is 0. The molecule has 0 fully saturated rings. The number of carboxylic acid groups (broad SMARTS) is 1. The van der Waals surface area contributed by atoms with E-state index in [1.807, 2.05) is 13.8 Å². The summed E-state index contributed by atoms with van der Waals surface area (Å²) in [7, 11) is 0. The molecule has 0 heterocycles. The highest BCUT2D eigenvalue weighted by Crippen LogP contribution is 2.09. The van der Waals surface area contributed by atoms with Crippen molar-refractivity contribution in [2.24, 2.45) is 17.4 Å². The Morgan fingerprint density at radius 3 is 2.03 bits per heavy atom. The molecule has 202 valence electrons. The molecule has 0 spiro atoms. The van der Waals surface area contributed by atoms with Crippen molar-refractivity contribution >= 4 is 23.7 Å². The van der Waals surface area contributed by atoms with Gasteiger partial charge < -0.3 is 37.6 Å². The second-order valence-electron chi connectivity index (χ2n) is 9.40. The van der Waals surface area contributed by atoms with Crippen LogP contribution in [0.5, 0.6) is 0 Å². The molecule has 0 bridgehead atoms. The molecule has 3 amide bonds. The maximum Gasteiger partial charge on any atom is 0.326 e. The van der Waals surface area contributed by atoms with E-state index in [9.17, 15) is 29.4 Å². The van der Waals surface area contributed by atoms with Gasteiger partial charge in [0.05, 0.1) is 12.1 Å². The Morgan fingerprint density at radius 2 is 1.50 bits per heavy atom.